The number of carboxylic acid groups (broad SMARTS) is 1. The molecule has 2 heterocycles. The van der Waals surface area contributed by atoms with Crippen molar-refractivity contribution in [3.05, 3.63) is 35.9 Å². The van der Waals surface area contributed by atoms with Crippen molar-refractivity contribution in [3.63, 3.8) is 0 Å². The minimum atomic E-state index is -1.05. The minimum Gasteiger partial charge on any atom is -0.476 e. The molecular weight excluding hydrogens is 220 g/mol. The molecule has 0 aliphatic rings. The Morgan fingerprint density at radius 3 is 2.88 bits per heavy atom. The zero-order valence-electron chi connectivity index (χ0n) is 9.50. The maximum Gasteiger partial charge on any atom is 0.356 e. The van der Waals surface area contributed by atoms with E-state index in [1.165, 1.54) is 0 Å². The normalized spacial score (nSPS) is 12.8. The number of aliphatic hydroxyl groups is 1. The Morgan fingerprint density at radius 2 is 2.29 bits per heavy atom. The molecule has 0 spiro atoms. The number of nitrogens with zero attached hydrogens (tertiary/aromatic N) is 2. The zero-order valence-corrected chi connectivity index (χ0v) is 9.50. The van der Waals surface area contributed by atoms with Crippen LogP contribution < -0.4 is 0 Å². The number of pyridine rings is 1. The number of fused-ring (bicyclic) bond motifs is 1. The van der Waals surface area contributed by atoms with Crippen molar-refractivity contribution in [2.24, 2.45) is 0 Å². The topological polar surface area (TPSA) is 74.8 Å². The summed E-state index contributed by atoms with van der Waals surface area (Å²) < 4.78 is 1.73. The maximum atomic E-state index is 11.1. The highest BCUT2D eigenvalue weighted by Gasteiger charge is 2.20. The van der Waals surface area contributed by atoms with E-state index in [1.807, 2.05) is 13.0 Å². The molecule has 17 heavy (non-hydrogen) atoms. The molecule has 2 aromatic heterocycles. The SMILES string of the molecule is CCC(CO)c1nc(C(=O)O)c2ccccn12. The first-order chi connectivity index (χ1) is 8.19. The van der Waals surface area contributed by atoms with Crippen LogP contribution in [0.5, 0.6) is 0 Å². The standard InChI is InChI=1S/C12H14N2O3/c1-2-8(7-15)11-13-10(12(16)17)9-5-3-4-6-14(9)11/h3-6,8,15H,2,7H2,1H3,(H,16,17). The fourth-order valence-electron chi connectivity index (χ4n) is 1.90. The number of imidazole rings is 1. The predicted molar refractivity (Wildman–Crippen MR) is 62.3 cm³/mol. The molecule has 90 valence electrons. The molecule has 0 fully saturated rings. The smallest absolute Gasteiger partial charge is 0.356 e. The number of hydrogen-bond donors (Lipinski definition) is 2. The van der Waals surface area contributed by atoms with Gasteiger partial charge in [-0.1, -0.05) is 13.0 Å². The molecule has 0 amide bonds. The van der Waals surface area contributed by atoms with Gasteiger partial charge >= 0.3 is 5.97 Å². The fraction of sp³-hybridized carbons (Fsp3) is 0.333. The van der Waals surface area contributed by atoms with Gasteiger partial charge in [0.2, 0.25) is 0 Å². The van der Waals surface area contributed by atoms with Crippen molar-refractivity contribution in [2.75, 3.05) is 6.61 Å². The van der Waals surface area contributed by atoms with E-state index in [-0.39, 0.29) is 18.2 Å². The Morgan fingerprint density at radius 1 is 1.53 bits per heavy atom. The Balaban J connectivity index is 2.68. The zero-order chi connectivity index (χ0) is 12.4. The molecule has 2 aromatic rings. The second-order valence-electron chi connectivity index (χ2n) is 3.87. The summed E-state index contributed by atoms with van der Waals surface area (Å²) in [6.07, 6.45) is 2.48. The van der Waals surface area contributed by atoms with Gasteiger partial charge in [0.25, 0.3) is 0 Å². The van der Waals surface area contributed by atoms with Gasteiger partial charge in [-0.05, 0) is 18.6 Å². The van der Waals surface area contributed by atoms with Crippen LogP contribution in [0.3, 0.4) is 0 Å². The quantitative estimate of drug-likeness (QED) is 0.841. The van der Waals surface area contributed by atoms with Gasteiger partial charge in [-0.2, -0.15) is 0 Å². The summed E-state index contributed by atoms with van der Waals surface area (Å²) in [5, 5.41) is 18.4. The molecule has 5 nitrogen and oxygen atoms in total. The molecule has 5 heteroatoms. The van der Waals surface area contributed by atoms with Gasteiger partial charge in [0.1, 0.15) is 5.82 Å². The lowest BCUT2D eigenvalue weighted by Gasteiger charge is -2.09. The second-order valence-corrected chi connectivity index (χ2v) is 3.87. The number of carbonyl (C=O) groups is 1. The van der Waals surface area contributed by atoms with Crippen molar-refractivity contribution in [3.8, 4) is 0 Å². The Labute approximate surface area is 98.3 Å². The Kier molecular flexibility index (Phi) is 3.10. The molecule has 0 saturated carbocycles. The number of hydrogen-bond acceptors (Lipinski definition) is 3. The number of aliphatic hydroxyl groups excluding tert-OH is 1. The van der Waals surface area contributed by atoms with E-state index in [1.54, 1.807) is 22.7 Å². The van der Waals surface area contributed by atoms with Gasteiger partial charge in [0.15, 0.2) is 5.69 Å². The molecule has 1 unspecified atom stereocenters. The molecule has 2 N–H and O–H groups in total. The van der Waals surface area contributed by atoms with Gasteiger partial charge in [-0.25, -0.2) is 9.78 Å². The van der Waals surface area contributed by atoms with Gasteiger partial charge in [-0.3, -0.25) is 0 Å². The van der Waals surface area contributed by atoms with Crippen LogP contribution in [0.25, 0.3) is 5.52 Å². The number of carboxylic acids is 1. The van der Waals surface area contributed by atoms with Crippen LogP contribution in [-0.4, -0.2) is 32.2 Å². The number of rotatable bonds is 4. The maximum absolute atomic E-state index is 11.1. The number of aromatic carboxylic acids is 1. The first-order valence-electron chi connectivity index (χ1n) is 5.50. The summed E-state index contributed by atoms with van der Waals surface area (Å²) >= 11 is 0. The summed E-state index contributed by atoms with van der Waals surface area (Å²) in [5.74, 6) is -0.589. The van der Waals surface area contributed by atoms with Crippen molar-refractivity contribution in [1.29, 1.82) is 0 Å². The van der Waals surface area contributed by atoms with E-state index >= 15 is 0 Å². The van der Waals surface area contributed by atoms with Crippen LogP contribution >= 0.6 is 0 Å². The van der Waals surface area contributed by atoms with E-state index in [0.717, 1.165) is 0 Å². The molecule has 1 atom stereocenters. The highest BCUT2D eigenvalue weighted by atomic mass is 16.4. The van der Waals surface area contributed by atoms with Gasteiger partial charge in [-0.15, -0.1) is 0 Å². The molecule has 0 aliphatic carbocycles. The summed E-state index contributed by atoms with van der Waals surface area (Å²) in [6, 6.07) is 5.30. The second kappa shape index (κ2) is 4.55. The molecular formula is C12H14N2O3. The minimum absolute atomic E-state index is 0.0347. The molecule has 0 aliphatic heterocycles. The molecule has 2 rings (SSSR count). The first kappa shape index (κ1) is 11.6. The van der Waals surface area contributed by atoms with Crippen LogP contribution in [0.2, 0.25) is 0 Å². The van der Waals surface area contributed by atoms with Gasteiger partial charge in [0.05, 0.1) is 12.1 Å². The van der Waals surface area contributed by atoms with E-state index in [0.29, 0.717) is 17.8 Å². The van der Waals surface area contributed by atoms with Crippen LogP contribution in [-0.2, 0) is 0 Å². The molecule has 0 bridgehead atoms. The Hall–Kier alpha value is -1.88. The average molecular weight is 234 g/mol. The fourth-order valence-corrected chi connectivity index (χ4v) is 1.90. The van der Waals surface area contributed by atoms with Gasteiger partial charge < -0.3 is 14.6 Å². The van der Waals surface area contributed by atoms with E-state index in [2.05, 4.69) is 4.98 Å². The highest BCUT2D eigenvalue weighted by molar-refractivity contribution is 5.93. The van der Waals surface area contributed by atoms with Crippen LogP contribution in [0.15, 0.2) is 24.4 Å². The summed E-state index contributed by atoms with van der Waals surface area (Å²) in [4.78, 5) is 15.2. The van der Waals surface area contributed by atoms with Crippen LogP contribution in [0.4, 0.5) is 0 Å². The van der Waals surface area contributed by atoms with Crippen molar-refractivity contribution in [1.82, 2.24) is 9.38 Å². The van der Waals surface area contributed by atoms with E-state index in [9.17, 15) is 9.90 Å². The third-order valence-electron chi connectivity index (χ3n) is 2.86. The van der Waals surface area contributed by atoms with Crippen molar-refractivity contribution < 1.29 is 15.0 Å². The Bertz CT molecular complexity index is 544. The highest BCUT2D eigenvalue weighted by Crippen LogP contribution is 2.22. The first-order valence-corrected chi connectivity index (χ1v) is 5.50. The van der Waals surface area contributed by atoms with Crippen LogP contribution in [0, 0.1) is 0 Å². The van der Waals surface area contributed by atoms with Crippen molar-refractivity contribution >= 4 is 11.5 Å². The largest absolute Gasteiger partial charge is 0.476 e. The molecule has 0 saturated heterocycles. The van der Waals surface area contributed by atoms with Crippen LogP contribution in [0.1, 0.15) is 35.6 Å². The lowest BCUT2D eigenvalue weighted by Crippen LogP contribution is -2.07. The lowest BCUT2D eigenvalue weighted by atomic mass is 10.1. The molecule has 0 aromatic carbocycles. The summed E-state index contributed by atoms with van der Waals surface area (Å²) in [7, 11) is 0. The van der Waals surface area contributed by atoms with Crippen molar-refractivity contribution in [2.45, 2.75) is 19.3 Å². The average Bonchev–Trinajstić information content (AvgIpc) is 2.71. The van der Waals surface area contributed by atoms with E-state index < -0.39 is 5.97 Å². The number of aromatic nitrogens is 2. The lowest BCUT2D eigenvalue weighted by molar-refractivity contribution is 0.0693. The van der Waals surface area contributed by atoms with Gasteiger partial charge in [0, 0.05) is 12.1 Å². The predicted octanol–water partition coefficient (Wildman–Crippen LogP) is 1.52. The summed E-state index contributed by atoms with van der Waals surface area (Å²) in [6.45, 7) is 1.90. The monoisotopic (exact) mass is 234 g/mol. The third-order valence-corrected chi connectivity index (χ3v) is 2.86. The molecule has 0 radical (unpaired) electrons. The third kappa shape index (κ3) is 1.89. The van der Waals surface area contributed by atoms with E-state index in [4.69, 9.17) is 5.11 Å². The summed E-state index contributed by atoms with van der Waals surface area (Å²) in [5.41, 5.74) is 0.592.